The van der Waals surface area contributed by atoms with Crippen molar-refractivity contribution in [3.8, 4) is 0 Å². The molecule has 218 valence electrons. The molecule has 4 fully saturated rings. The van der Waals surface area contributed by atoms with E-state index in [1.165, 1.54) is 0 Å². The summed E-state index contributed by atoms with van der Waals surface area (Å²) >= 11 is 0. The van der Waals surface area contributed by atoms with Gasteiger partial charge in [0, 0.05) is 12.6 Å². The highest BCUT2D eigenvalue weighted by Crippen LogP contribution is 2.66. The molecule has 3 saturated heterocycles. The van der Waals surface area contributed by atoms with Gasteiger partial charge in [0.25, 0.3) is 0 Å². The second-order valence-corrected chi connectivity index (χ2v) is 12.6. The first-order valence-electron chi connectivity index (χ1n) is 14.9. The van der Waals surface area contributed by atoms with Crippen molar-refractivity contribution in [1.82, 2.24) is 9.80 Å². The van der Waals surface area contributed by atoms with Crippen LogP contribution in [0, 0.1) is 23.7 Å². The van der Waals surface area contributed by atoms with E-state index in [1.54, 1.807) is 17.1 Å². The zero-order valence-corrected chi connectivity index (χ0v) is 24.3. The Balaban J connectivity index is 1.78. The van der Waals surface area contributed by atoms with E-state index in [-0.39, 0.29) is 42.9 Å². The maximum Gasteiger partial charge on any atom is 0.312 e. The number of ether oxygens (including phenoxy) is 2. The minimum Gasteiger partial charge on any atom is -0.465 e. The van der Waals surface area contributed by atoms with Gasteiger partial charge in [0.1, 0.15) is 17.6 Å². The fourth-order valence-electron chi connectivity index (χ4n) is 7.89. The number of allylic oxidation sites excluding steroid dienone is 1. The highest BCUT2D eigenvalue weighted by Gasteiger charge is 2.81. The van der Waals surface area contributed by atoms with Gasteiger partial charge in [0.2, 0.25) is 11.8 Å². The van der Waals surface area contributed by atoms with Crippen molar-refractivity contribution in [2.24, 2.45) is 23.7 Å². The Bertz CT molecular complexity index is 961. The lowest BCUT2D eigenvalue weighted by molar-refractivity contribution is -0.165. The first-order chi connectivity index (χ1) is 18.6. The number of amides is 2. The van der Waals surface area contributed by atoms with Crippen molar-refractivity contribution < 1.29 is 29.0 Å². The van der Waals surface area contributed by atoms with Gasteiger partial charge in [0.05, 0.1) is 30.8 Å². The second-order valence-electron chi connectivity index (χ2n) is 12.6. The number of esters is 1. The molecule has 1 N–H and O–H groups in total. The number of hydrogen-bond donors (Lipinski definition) is 1. The number of rotatable bonds is 12. The molecule has 0 aromatic heterocycles. The van der Waals surface area contributed by atoms with Crippen LogP contribution in [0.25, 0.3) is 0 Å². The van der Waals surface area contributed by atoms with Gasteiger partial charge in [-0.1, -0.05) is 52.2 Å². The molecule has 4 aliphatic rings. The van der Waals surface area contributed by atoms with Gasteiger partial charge in [-0.25, -0.2) is 0 Å². The smallest absolute Gasteiger partial charge is 0.312 e. The van der Waals surface area contributed by atoms with Crippen molar-refractivity contribution >= 4 is 17.8 Å². The zero-order chi connectivity index (χ0) is 28.5. The first-order valence-corrected chi connectivity index (χ1v) is 14.9. The molecule has 2 bridgehead atoms. The molecule has 39 heavy (non-hydrogen) atoms. The van der Waals surface area contributed by atoms with Crippen LogP contribution < -0.4 is 0 Å². The third-order valence-electron chi connectivity index (χ3n) is 9.98. The highest BCUT2D eigenvalue weighted by atomic mass is 16.6. The number of fused-ring (bicyclic) bond motifs is 1. The fraction of sp³-hybridized carbons (Fsp3) is 0.774. The van der Waals surface area contributed by atoms with Crippen LogP contribution in [0.5, 0.6) is 0 Å². The topological polar surface area (TPSA) is 96.4 Å². The molecular formula is C31H48N2O6. The van der Waals surface area contributed by atoms with Gasteiger partial charge in [-0.05, 0) is 50.9 Å². The largest absolute Gasteiger partial charge is 0.465 e. The molecule has 7 atom stereocenters. The van der Waals surface area contributed by atoms with Gasteiger partial charge in [-0.15, -0.1) is 13.2 Å². The van der Waals surface area contributed by atoms with E-state index >= 15 is 0 Å². The van der Waals surface area contributed by atoms with Crippen LogP contribution in [-0.2, 0) is 23.9 Å². The number of hydrogen-bond acceptors (Lipinski definition) is 6. The summed E-state index contributed by atoms with van der Waals surface area (Å²) in [6.45, 7) is 15.8. The van der Waals surface area contributed by atoms with Crippen molar-refractivity contribution in [2.75, 3.05) is 19.8 Å². The van der Waals surface area contributed by atoms with E-state index in [1.807, 2.05) is 32.6 Å². The quantitative estimate of drug-likeness (QED) is 0.228. The minimum absolute atomic E-state index is 0.0586. The van der Waals surface area contributed by atoms with E-state index in [4.69, 9.17) is 9.47 Å². The Morgan fingerprint density at radius 1 is 1.23 bits per heavy atom. The predicted molar refractivity (Wildman–Crippen MR) is 149 cm³/mol. The zero-order valence-electron chi connectivity index (χ0n) is 24.3. The van der Waals surface area contributed by atoms with Crippen LogP contribution in [0.4, 0.5) is 0 Å². The van der Waals surface area contributed by atoms with E-state index in [2.05, 4.69) is 13.2 Å². The summed E-state index contributed by atoms with van der Waals surface area (Å²) in [6.07, 6.45) is 10.5. The normalized spacial score (nSPS) is 34.7. The summed E-state index contributed by atoms with van der Waals surface area (Å²) in [4.78, 5) is 46.2. The molecule has 8 nitrogen and oxygen atoms in total. The maximum atomic E-state index is 14.7. The first kappa shape index (κ1) is 29.8. The predicted octanol–water partition coefficient (Wildman–Crippen LogP) is 3.87. The minimum atomic E-state index is -1.15. The lowest BCUT2D eigenvalue weighted by Crippen LogP contribution is -2.61. The molecule has 0 radical (unpaired) electrons. The molecule has 0 aromatic carbocycles. The number of carbonyl (C=O) groups excluding carboxylic acids is 3. The Hall–Kier alpha value is -2.19. The average Bonchev–Trinajstić information content (AvgIpc) is 3.42. The molecule has 3 aliphatic heterocycles. The molecule has 3 heterocycles. The van der Waals surface area contributed by atoms with Crippen LogP contribution in [0.1, 0.15) is 79.1 Å². The Kier molecular flexibility index (Phi) is 8.96. The van der Waals surface area contributed by atoms with Gasteiger partial charge < -0.3 is 24.4 Å². The van der Waals surface area contributed by atoms with Crippen LogP contribution in [-0.4, -0.2) is 81.8 Å². The number of nitrogens with zero attached hydrogens (tertiary/aromatic N) is 2. The van der Waals surface area contributed by atoms with E-state index < -0.39 is 41.1 Å². The van der Waals surface area contributed by atoms with Crippen LogP contribution in [0.15, 0.2) is 25.3 Å². The van der Waals surface area contributed by atoms with E-state index in [0.29, 0.717) is 19.4 Å². The van der Waals surface area contributed by atoms with Crippen molar-refractivity contribution in [3.63, 3.8) is 0 Å². The number of aliphatic hydroxyl groups is 1. The summed E-state index contributed by atoms with van der Waals surface area (Å²) < 4.78 is 12.5. The van der Waals surface area contributed by atoms with Crippen LogP contribution >= 0.6 is 0 Å². The standard InChI is InChI=1S/C31H48N2O6/c1-7-9-13-17-38-29(37)25-24-27(35)33(23(19-34)20(3)4)26(31(24)18-21(5)30(25,6)39-31)28(36)32(16-8-2)22-14-11-10-12-15-22/h7-8,20-26,34H,1-2,9-19H2,3-6H3/t21?,23-,24-,25+,26?,30-,31?/m0/s1. The molecule has 1 aliphatic carbocycles. The summed E-state index contributed by atoms with van der Waals surface area (Å²) in [5.74, 6) is -2.68. The summed E-state index contributed by atoms with van der Waals surface area (Å²) in [6, 6.07) is -1.42. The SMILES string of the molecule is C=CCCCOC(=O)[C@H]1[C@H]2C(=O)N([C@@H](CO)C(C)C)C(C(=O)N(CC=C)C3CCCCC3)C23CC(C)[C@]1(C)O3. The Labute approximate surface area is 233 Å². The number of aliphatic hydroxyl groups excluding tert-OH is 1. The average molecular weight is 545 g/mol. The summed E-state index contributed by atoms with van der Waals surface area (Å²) in [7, 11) is 0. The third-order valence-corrected chi connectivity index (χ3v) is 9.98. The molecule has 1 spiro atoms. The van der Waals surface area contributed by atoms with E-state index in [9.17, 15) is 19.5 Å². The molecule has 0 aromatic rings. The lowest BCUT2D eigenvalue weighted by Gasteiger charge is -2.43. The summed E-state index contributed by atoms with van der Waals surface area (Å²) in [5.41, 5.74) is -2.06. The van der Waals surface area contributed by atoms with Crippen LogP contribution in [0.2, 0.25) is 0 Å². The number of likely N-dealkylation sites (tertiary alicyclic amines) is 1. The monoisotopic (exact) mass is 544 g/mol. The third kappa shape index (κ3) is 4.86. The van der Waals surface area contributed by atoms with Crippen molar-refractivity contribution in [2.45, 2.75) is 108 Å². The van der Waals surface area contributed by atoms with Gasteiger partial charge in [-0.3, -0.25) is 14.4 Å². The Morgan fingerprint density at radius 2 is 1.92 bits per heavy atom. The second kappa shape index (κ2) is 11.7. The number of carbonyl (C=O) groups is 3. The molecule has 8 heteroatoms. The van der Waals surface area contributed by atoms with Crippen molar-refractivity contribution in [1.29, 1.82) is 0 Å². The molecule has 3 unspecified atom stereocenters. The van der Waals surface area contributed by atoms with Gasteiger partial charge >= 0.3 is 5.97 Å². The summed E-state index contributed by atoms with van der Waals surface area (Å²) in [5, 5.41) is 10.5. The van der Waals surface area contributed by atoms with E-state index in [0.717, 1.165) is 38.5 Å². The van der Waals surface area contributed by atoms with Gasteiger partial charge in [-0.2, -0.15) is 0 Å². The van der Waals surface area contributed by atoms with Crippen LogP contribution in [0.3, 0.4) is 0 Å². The highest BCUT2D eigenvalue weighted by molar-refractivity contribution is 5.99. The fourth-order valence-corrected chi connectivity index (χ4v) is 7.89. The Morgan fingerprint density at radius 3 is 2.51 bits per heavy atom. The number of unbranched alkanes of at least 4 members (excludes halogenated alkanes) is 1. The molecule has 1 saturated carbocycles. The molecule has 2 amide bonds. The lowest BCUT2D eigenvalue weighted by atomic mass is 9.62. The maximum absolute atomic E-state index is 14.7. The van der Waals surface area contributed by atoms with Crippen molar-refractivity contribution in [3.05, 3.63) is 25.3 Å². The van der Waals surface area contributed by atoms with Gasteiger partial charge in [0.15, 0.2) is 0 Å². The molecule has 4 rings (SSSR count). The molecular weight excluding hydrogens is 496 g/mol.